The van der Waals surface area contributed by atoms with Crippen molar-refractivity contribution in [2.24, 2.45) is 0 Å². The predicted octanol–water partition coefficient (Wildman–Crippen LogP) is 2.73. The van der Waals surface area contributed by atoms with Crippen LogP contribution in [0.2, 0.25) is 0 Å². The highest BCUT2D eigenvalue weighted by atomic mass is 32.2. The van der Waals surface area contributed by atoms with Gasteiger partial charge in [-0.1, -0.05) is 12.1 Å². The Balaban J connectivity index is 1.38. The highest BCUT2D eigenvalue weighted by molar-refractivity contribution is 7.90. The minimum Gasteiger partial charge on any atom is -0.497 e. The molecular formula is C23H19N3O6S. The number of ether oxygens (including phenoxy) is 1. The molecule has 3 aromatic rings. The average molecular weight is 465 g/mol. The maximum absolute atomic E-state index is 12.6. The zero-order valence-corrected chi connectivity index (χ0v) is 18.3. The van der Waals surface area contributed by atoms with Crippen molar-refractivity contribution in [2.45, 2.75) is 4.90 Å². The van der Waals surface area contributed by atoms with Crippen molar-refractivity contribution in [3.63, 3.8) is 0 Å². The Bertz CT molecular complexity index is 1340. The Labute approximate surface area is 190 Å². The van der Waals surface area contributed by atoms with Crippen molar-refractivity contribution in [3.05, 3.63) is 83.9 Å². The van der Waals surface area contributed by atoms with Crippen LogP contribution >= 0.6 is 0 Å². The van der Waals surface area contributed by atoms with Crippen LogP contribution in [0.25, 0.3) is 0 Å². The number of amides is 3. The number of fused-ring (bicyclic) bond motifs is 1. The van der Waals surface area contributed by atoms with E-state index < -0.39 is 28.4 Å². The van der Waals surface area contributed by atoms with E-state index in [0.717, 1.165) is 0 Å². The van der Waals surface area contributed by atoms with E-state index in [1.165, 1.54) is 42.5 Å². The van der Waals surface area contributed by atoms with Gasteiger partial charge in [-0.15, -0.1) is 0 Å². The third-order valence-electron chi connectivity index (χ3n) is 4.98. The minimum atomic E-state index is -4.07. The molecule has 0 saturated heterocycles. The monoisotopic (exact) mass is 465 g/mol. The van der Waals surface area contributed by atoms with Crippen LogP contribution in [-0.4, -0.2) is 44.1 Å². The quantitative estimate of drug-likeness (QED) is 0.577. The number of rotatable bonds is 6. The van der Waals surface area contributed by atoms with Crippen LogP contribution in [0.1, 0.15) is 20.7 Å². The van der Waals surface area contributed by atoms with E-state index in [-0.39, 0.29) is 16.4 Å². The summed E-state index contributed by atoms with van der Waals surface area (Å²) in [5.74, 6) is -1.11. The Morgan fingerprint density at radius 2 is 1.48 bits per heavy atom. The van der Waals surface area contributed by atoms with Gasteiger partial charge in [0.25, 0.3) is 21.8 Å². The molecule has 10 heteroatoms. The van der Waals surface area contributed by atoms with Gasteiger partial charge in [-0.2, -0.15) is 0 Å². The number of carbonyl (C=O) groups is 3. The van der Waals surface area contributed by atoms with E-state index >= 15 is 0 Å². The van der Waals surface area contributed by atoms with Crippen LogP contribution < -0.4 is 15.4 Å². The van der Waals surface area contributed by atoms with Gasteiger partial charge in [0.1, 0.15) is 17.2 Å². The lowest BCUT2D eigenvalue weighted by Crippen LogP contribution is -2.37. The fourth-order valence-electron chi connectivity index (χ4n) is 3.30. The van der Waals surface area contributed by atoms with E-state index in [4.69, 9.17) is 4.74 Å². The number of nitrogens with one attached hydrogen (secondary N) is 2. The number of nitrogens with zero attached hydrogens (tertiary/aromatic N) is 1. The second-order valence-electron chi connectivity index (χ2n) is 7.12. The Morgan fingerprint density at radius 3 is 2.12 bits per heavy atom. The molecule has 9 nitrogen and oxygen atoms in total. The summed E-state index contributed by atoms with van der Waals surface area (Å²) in [5, 5.41) is 5.29. The summed E-state index contributed by atoms with van der Waals surface area (Å²) in [7, 11) is -2.52. The first kappa shape index (κ1) is 22.0. The molecule has 1 aliphatic rings. The molecule has 0 saturated carbocycles. The molecule has 3 amide bonds. The van der Waals surface area contributed by atoms with Crippen molar-refractivity contribution in [2.75, 3.05) is 24.3 Å². The summed E-state index contributed by atoms with van der Waals surface area (Å²) in [6.45, 7) is -0.657. The van der Waals surface area contributed by atoms with Gasteiger partial charge in [-0.3, -0.25) is 14.4 Å². The molecule has 3 aromatic carbocycles. The van der Waals surface area contributed by atoms with Gasteiger partial charge < -0.3 is 15.4 Å². The first-order valence-electron chi connectivity index (χ1n) is 9.81. The lowest BCUT2D eigenvalue weighted by molar-refractivity contribution is -0.116. The number of hydrogen-bond acceptors (Lipinski definition) is 6. The Hall–Kier alpha value is -4.18. The lowest BCUT2D eigenvalue weighted by atomic mass is 10.2. The molecule has 4 rings (SSSR count). The highest BCUT2D eigenvalue weighted by Gasteiger charge is 2.41. The molecular weight excluding hydrogens is 446 g/mol. The standard InChI is InChI=1S/C23H19N3O6S/c1-32-18-12-10-17(11-13-18)25-22(28)15-6-8-16(9-7-15)24-21(27)14-26-23(29)19-4-2-3-5-20(19)33(26,30)31/h2-13H,14H2,1H3,(H,24,27)(H,25,28). The summed E-state index contributed by atoms with van der Waals surface area (Å²) < 4.78 is 30.7. The first-order chi connectivity index (χ1) is 15.8. The highest BCUT2D eigenvalue weighted by Crippen LogP contribution is 2.29. The van der Waals surface area contributed by atoms with Gasteiger partial charge in [0.2, 0.25) is 5.91 Å². The smallest absolute Gasteiger partial charge is 0.269 e. The van der Waals surface area contributed by atoms with Crippen LogP contribution in [0.4, 0.5) is 11.4 Å². The molecule has 2 N–H and O–H groups in total. The topological polar surface area (TPSA) is 122 Å². The largest absolute Gasteiger partial charge is 0.497 e. The molecule has 1 aliphatic heterocycles. The van der Waals surface area contributed by atoms with Gasteiger partial charge in [0, 0.05) is 16.9 Å². The number of carbonyl (C=O) groups excluding carboxylic acids is 3. The van der Waals surface area contributed by atoms with Crippen LogP contribution in [-0.2, 0) is 14.8 Å². The molecule has 33 heavy (non-hydrogen) atoms. The number of hydrogen-bond donors (Lipinski definition) is 2. The van der Waals surface area contributed by atoms with Crippen molar-refractivity contribution in [1.82, 2.24) is 4.31 Å². The number of sulfonamides is 1. The predicted molar refractivity (Wildman–Crippen MR) is 121 cm³/mol. The second-order valence-corrected chi connectivity index (χ2v) is 8.95. The molecule has 0 spiro atoms. The molecule has 0 bridgehead atoms. The zero-order valence-electron chi connectivity index (χ0n) is 17.4. The van der Waals surface area contributed by atoms with Gasteiger partial charge >= 0.3 is 0 Å². The van der Waals surface area contributed by atoms with E-state index in [9.17, 15) is 22.8 Å². The Kier molecular flexibility index (Phi) is 5.84. The van der Waals surface area contributed by atoms with Crippen molar-refractivity contribution >= 4 is 39.1 Å². The van der Waals surface area contributed by atoms with Gasteiger partial charge in [-0.05, 0) is 60.7 Å². The summed E-state index contributed by atoms with van der Waals surface area (Å²) >= 11 is 0. The molecule has 0 aromatic heterocycles. The molecule has 0 fully saturated rings. The number of benzene rings is 3. The summed E-state index contributed by atoms with van der Waals surface area (Å²) in [6, 6.07) is 18.7. The van der Waals surface area contributed by atoms with Crippen LogP contribution in [0, 0.1) is 0 Å². The fourth-order valence-corrected chi connectivity index (χ4v) is 4.83. The molecule has 0 atom stereocenters. The van der Waals surface area contributed by atoms with Gasteiger partial charge in [0.15, 0.2) is 0 Å². The second kappa shape index (κ2) is 8.75. The van der Waals surface area contributed by atoms with Crippen LogP contribution in [0.5, 0.6) is 5.75 Å². The number of anilines is 2. The maximum Gasteiger partial charge on any atom is 0.269 e. The zero-order chi connectivity index (χ0) is 23.6. The van der Waals surface area contributed by atoms with E-state index in [2.05, 4.69) is 10.6 Å². The number of methoxy groups -OCH3 is 1. The van der Waals surface area contributed by atoms with Gasteiger partial charge in [-0.25, -0.2) is 12.7 Å². The summed E-state index contributed by atoms with van der Waals surface area (Å²) in [6.07, 6.45) is 0. The normalized spacial score (nSPS) is 13.8. The third-order valence-corrected chi connectivity index (χ3v) is 6.76. The van der Waals surface area contributed by atoms with E-state index in [0.29, 0.717) is 27.0 Å². The SMILES string of the molecule is COc1ccc(NC(=O)c2ccc(NC(=O)CN3C(=O)c4ccccc4S3(=O)=O)cc2)cc1. The van der Waals surface area contributed by atoms with Crippen molar-refractivity contribution < 1.29 is 27.5 Å². The van der Waals surface area contributed by atoms with Crippen molar-refractivity contribution in [3.8, 4) is 5.75 Å². The molecule has 168 valence electrons. The summed E-state index contributed by atoms with van der Waals surface area (Å²) in [5.41, 5.74) is 1.34. The average Bonchev–Trinajstić information content (AvgIpc) is 3.01. The first-order valence-corrected chi connectivity index (χ1v) is 11.2. The minimum absolute atomic E-state index is 0.0394. The fraction of sp³-hybridized carbons (Fsp3) is 0.0870. The van der Waals surface area contributed by atoms with E-state index in [1.54, 1.807) is 37.4 Å². The Morgan fingerprint density at radius 1 is 0.879 bits per heavy atom. The molecule has 0 aliphatic carbocycles. The summed E-state index contributed by atoms with van der Waals surface area (Å²) in [4.78, 5) is 37.1. The van der Waals surface area contributed by atoms with Gasteiger partial charge in [0.05, 0.1) is 12.7 Å². The molecule has 0 radical (unpaired) electrons. The van der Waals surface area contributed by atoms with Crippen LogP contribution in [0.15, 0.2) is 77.7 Å². The maximum atomic E-state index is 12.6. The van der Waals surface area contributed by atoms with Crippen LogP contribution in [0.3, 0.4) is 0 Å². The van der Waals surface area contributed by atoms with E-state index in [1.807, 2.05) is 0 Å². The molecule has 1 heterocycles. The third kappa shape index (κ3) is 4.41. The lowest BCUT2D eigenvalue weighted by Gasteiger charge is -2.15. The van der Waals surface area contributed by atoms with Crippen molar-refractivity contribution in [1.29, 1.82) is 0 Å². The molecule has 0 unspecified atom stereocenters.